The molecular formula is C14H20O4. The van der Waals surface area contributed by atoms with Gasteiger partial charge in [0.1, 0.15) is 0 Å². The molecular weight excluding hydrogens is 232 g/mol. The zero-order valence-electron chi connectivity index (χ0n) is 10.7. The topological polar surface area (TPSA) is 77.8 Å². The van der Waals surface area contributed by atoms with Gasteiger partial charge in [-0.2, -0.15) is 0 Å². The van der Waals surface area contributed by atoms with E-state index in [1.807, 2.05) is 13.8 Å². The van der Waals surface area contributed by atoms with E-state index in [0.29, 0.717) is 17.9 Å². The van der Waals surface area contributed by atoms with Crippen LogP contribution in [0.25, 0.3) is 0 Å². The van der Waals surface area contributed by atoms with Gasteiger partial charge in [0.05, 0.1) is 17.8 Å². The summed E-state index contributed by atoms with van der Waals surface area (Å²) in [6, 6.07) is 6.33. The Balaban J connectivity index is 2.78. The number of hydrogen-bond donors (Lipinski definition) is 3. The summed E-state index contributed by atoms with van der Waals surface area (Å²) in [5, 5.41) is 28.8. The first-order valence-corrected chi connectivity index (χ1v) is 6.10. The summed E-state index contributed by atoms with van der Waals surface area (Å²) in [6.45, 7) is 3.97. The molecule has 0 saturated heterocycles. The van der Waals surface area contributed by atoms with Gasteiger partial charge >= 0.3 is 5.97 Å². The van der Waals surface area contributed by atoms with Crippen LogP contribution in [-0.2, 0) is 0 Å². The van der Waals surface area contributed by atoms with E-state index >= 15 is 0 Å². The molecule has 100 valence electrons. The SMILES string of the molecule is CC(C)CC(O)CC(O)c1ccccc1C(=O)O. The average molecular weight is 252 g/mol. The van der Waals surface area contributed by atoms with Crippen molar-refractivity contribution < 1.29 is 20.1 Å². The van der Waals surface area contributed by atoms with Gasteiger partial charge in [-0.15, -0.1) is 0 Å². The lowest BCUT2D eigenvalue weighted by molar-refractivity contribution is 0.0617. The third-order valence-corrected chi connectivity index (χ3v) is 2.79. The Hall–Kier alpha value is -1.39. The van der Waals surface area contributed by atoms with Crippen molar-refractivity contribution in [2.45, 2.75) is 38.9 Å². The van der Waals surface area contributed by atoms with E-state index in [2.05, 4.69) is 0 Å². The second kappa shape index (κ2) is 6.52. The highest BCUT2D eigenvalue weighted by atomic mass is 16.4. The Morgan fingerprint density at radius 1 is 1.17 bits per heavy atom. The third-order valence-electron chi connectivity index (χ3n) is 2.79. The van der Waals surface area contributed by atoms with E-state index in [1.54, 1.807) is 18.2 Å². The Morgan fingerprint density at radius 2 is 1.78 bits per heavy atom. The molecule has 0 aliphatic rings. The van der Waals surface area contributed by atoms with Crippen LogP contribution < -0.4 is 0 Å². The van der Waals surface area contributed by atoms with Gasteiger partial charge < -0.3 is 15.3 Å². The van der Waals surface area contributed by atoms with Gasteiger partial charge in [-0.25, -0.2) is 4.79 Å². The smallest absolute Gasteiger partial charge is 0.336 e. The molecule has 1 rings (SSSR count). The molecule has 0 aliphatic heterocycles. The number of hydrogen-bond acceptors (Lipinski definition) is 3. The van der Waals surface area contributed by atoms with Crippen molar-refractivity contribution in [1.82, 2.24) is 0 Å². The van der Waals surface area contributed by atoms with Crippen LogP contribution in [0.5, 0.6) is 0 Å². The molecule has 0 spiro atoms. The first-order chi connectivity index (χ1) is 8.41. The molecule has 0 radical (unpaired) electrons. The zero-order valence-corrected chi connectivity index (χ0v) is 10.7. The molecule has 1 aromatic carbocycles. The summed E-state index contributed by atoms with van der Waals surface area (Å²) in [5.41, 5.74) is 0.439. The van der Waals surface area contributed by atoms with Crippen LogP contribution in [0.15, 0.2) is 24.3 Å². The molecule has 2 atom stereocenters. The van der Waals surface area contributed by atoms with E-state index in [0.717, 1.165) is 0 Å². The fourth-order valence-corrected chi connectivity index (χ4v) is 2.01. The summed E-state index contributed by atoms with van der Waals surface area (Å²) in [6.07, 6.45) is -0.831. The monoisotopic (exact) mass is 252 g/mol. The van der Waals surface area contributed by atoms with Gasteiger partial charge in [0.2, 0.25) is 0 Å². The van der Waals surface area contributed by atoms with E-state index in [1.165, 1.54) is 6.07 Å². The van der Waals surface area contributed by atoms with Crippen LogP contribution in [0.1, 0.15) is 48.7 Å². The Kier molecular flexibility index (Phi) is 5.31. The molecule has 0 amide bonds. The summed E-state index contributed by atoms with van der Waals surface area (Å²) >= 11 is 0. The summed E-state index contributed by atoms with van der Waals surface area (Å²) < 4.78 is 0. The minimum absolute atomic E-state index is 0.0850. The third kappa shape index (κ3) is 4.13. The lowest BCUT2D eigenvalue weighted by atomic mass is 9.95. The maximum absolute atomic E-state index is 11.0. The predicted octanol–water partition coefficient (Wildman–Crippen LogP) is 2.22. The molecule has 0 fully saturated rings. The molecule has 1 aromatic rings. The number of carboxylic acids is 1. The van der Waals surface area contributed by atoms with Gasteiger partial charge in [0.25, 0.3) is 0 Å². The fourth-order valence-electron chi connectivity index (χ4n) is 2.01. The van der Waals surface area contributed by atoms with Gasteiger partial charge in [0, 0.05) is 6.42 Å². The molecule has 2 unspecified atom stereocenters. The van der Waals surface area contributed by atoms with Crippen molar-refractivity contribution >= 4 is 5.97 Å². The van der Waals surface area contributed by atoms with Crippen LogP contribution in [0, 0.1) is 5.92 Å². The van der Waals surface area contributed by atoms with Gasteiger partial charge in [-0.3, -0.25) is 0 Å². The molecule has 0 aliphatic carbocycles. The van der Waals surface area contributed by atoms with Crippen molar-refractivity contribution in [3.8, 4) is 0 Å². The largest absolute Gasteiger partial charge is 0.478 e. The number of benzene rings is 1. The molecule has 0 saturated carbocycles. The molecule has 3 N–H and O–H groups in total. The van der Waals surface area contributed by atoms with Crippen LogP contribution in [0.4, 0.5) is 0 Å². The number of aromatic carboxylic acids is 1. The lowest BCUT2D eigenvalue weighted by Crippen LogP contribution is -2.16. The van der Waals surface area contributed by atoms with Crippen LogP contribution in [-0.4, -0.2) is 27.4 Å². The summed E-state index contributed by atoms with van der Waals surface area (Å²) in [7, 11) is 0. The van der Waals surface area contributed by atoms with Crippen molar-refractivity contribution in [2.75, 3.05) is 0 Å². The number of carbonyl (C=O) groups is 1. The van der Waals surface area contributed by atoms with Gasteiger partial charge in [0.15, 0.2) is 0 Å². The molecule has 0 bridgehead atoms. The quantitative estimate of drug-likeness (QED) is 0.725. The molecule has 0 heterocycles. The average Bonchev–Trinajstić information content (AvgIpc) is 2.27. The number of aliphatic hydroxyl groups excluding tert-OH is 2. The minimum atomic E-state index is -1.07. The van der Waals surface area contributed by atoms with E-state index in [4.69, 9.17) is 5.11 Å². The van der Waals surface area contributed by atoms with Crippen molar-refractivity contribution in [1.29, 1.82) is 0 Å². The van der Waals surface area contributed by atoms with E-state index in [9.17, 15) is 15.0 Å². The highest BCUT2D eigenvalue weighted by molar-refractivity contribution is 5.89. The first-order valence-electron chi connectivity index (χ1n) is 6.10. The highest BCUT2D eigenvalue weighted by Gasteiger charge is 2.19. The van der Waals surface area contributed by atoms with Gasteiger partial charge in [-0.1, -0.05) is 32.0 Å². The normalized spacial score (nSPS) is 14.5. The minimum Gasteiger partial charge on any atom is -0.478 e. The van der Waals surface area contributed by atoms with Gasteiger partial charge in [-0.05, 0) is 24.0 Å². The number of carboxylic acid groups (broad SMARTS) is 1. The maximum atomic E-state index is 11.0. The fraction of sp³-hybridized carbons (Fsp3) is 0.500. The number of rotatable bonds is 6. The molecule has 0 aromatic heterocycles. The number of aliphatic hydroxyl groups is 2. The molecule has 4 nitrogen and oxygen atoms in total. The second-order valence-electron chi connectivity index (χ2n) is 4.93. The maximum Gasteiger partial charge on any atom is 0.336 e. The lowest BCUT2D eigenvalue weighted by Gasteiger charge is -2.18. The zero-order chi connectivity index (χ0) is 13.7. The van der Waals surface area contributed by atoms with Crippen molar-refractivity contribution in [3.05, 3.63) is 35.4 Å². The predicted molar refractivity (Wildman–Crippen MR) is 68.4 cm³/mol. The molecule has 18 heavy (non-hydrogen) atoms. The van der Waals surface area contributed by atoms with Crippen molar-refractivity contribution in [2.24, 2.45) is 5.92 Å². The Morgan fingerprint density at radius 3 is 2.33 bits per heavy atom. The Labute approximate surface area is 107 Å². The van der Waals surface area contributed by atoms with E-state index in [-0.39, 0.29) is 12.0 Å². The standard InChI is InChI=1S/C14H20O4/c1-9(2)7-10(15)8-13(16)11-5-3-4-6-12(11)14(17)18/h3-6,9-10,13,15-16H,7-8H2,1-2H3,(H,17,18). The summed E-state index contributed by atoms with van der Waals surface area (Å²) in [5.74, 6) is -0.732. The molecule has 4 heteroatoms. The van der Waals surface area contributed by atoms with Crippen LogP contribution in [0.2, 0.25) is 0 Å². The Bertz CT molecular complexity index is 401. The van der Waals surface area contributed by atoms with Crippen LogP contribution in [0.3, 0.4) is 0 Å². The first kappa shape index (κ1) is 14.7. The summed E-state index contributed by atoms with van der Waals surface area (Å²) in [4.78, 5) is 11.0. The van der Waals surface area contributed by atoms with Crippen LogP contribution >= 0.6 is 0 Å². The van der Waals surface area contributed by atoms with E-state index < -0.39 is 18.2 Å². The van der Waals surface area contributed by atoms with Crippen molar-refractivity contribution in [3.63, 3.8) is 0 Å². The second-order valence-corrected chi connectivity index (χ2v) is 4.93. The highest BCUT2D eigenvalue weighted by Crippen LogP contribution is 2.24.